The third-order valence-corrected chi connectivity index (χ3v) is 2.40. The highest BCUT2D eigenvalue weighted by molar-refractivity contribution is 5.41. The maximum absolute atomic E-state index is 5.81. The molecule has 1 heteroatoms. The van der Waals surface area contributed by atoms with Gasteiger partial charge in [-0.05, 0) is 55.7 Å². The van der Waals surface area contributed by atoms with Crippen LogP contribution in [0.15, 0.2) is 42.5 Å². The third kappa shape index (κ3) is 2.43. The second-order valence-corrected chi connectivity index (χ2v) is 4.03. The van der Waals surface area contributed by atoms with Gasteiger partial charge < -0.3 is 4.74 Å². The average molecular weight is 211 g/mol. The van der Waals surface area contributed by atoms with Crippen molar-refractivity contribution < 1.29 is 4.74 Å². The molecule has 0 aromatic heterocycles. The molecular formula is C15H15O. The van der Waals surface area contributed by atoms with Crippen molar-refractivity contribution in [2.75, 3.05) is 0 Å². The summed E-state index contributed by atoms with van der Waals surface area (Å²) in [6, 6.07) is 14.0. The molecule has 2 rings (SSSR count). The van der Waals surface area contributed by atoms with Gasteiger partial charge >= 0.3 is 0 Å². The zero-order valence-electron chi connectivity index (χ0n) is 9.66. The van der Waals surface area contributed by atoms with Gasteiger partial charge in [0.25, 0.3) is 0 Å². The lowest BCUT2D eigenvalue weighted by molar-refractivity contribution is 0.480. The smallest absolute Gasteiger partial charge is 0.130 e. The molecule has 0 amide bonds. The first-order valence-corrected chi connectivity index (χ1v) is 5.32. The Kier molecular flexibility index (Phi) is 2.95. The van der Waals surface area contributed by atoms with Gasteiger partial charge in [-0.1, -0.05) is 24.3 Å². The molecule has 0 atom stereocenters. The molecule has 1 nitrogen and oxygen atoms in total. The van der Waals surface area contributed by atoms with Gasteiger partial charge in [-0.3, -0.25) is 0 Å². The maximum atomic E-state index is 5.81. The molecular weight excluding hydrogens is 196 g/mol. The monoisotopic (exact) mass is 211 g/mol. The Morgan fingerprint density at radius 1 is 0.938 bits per heavy atom. The first-order valence-electron chi connectivity index (χ1n) is 5.32. The van der Waals surface area contributed by atoms with Crippen LogP contribution in [0.1, 0.15) is 16.7 Å². The Hall–Kier alpha value is -1.76. The molecule has 2 aromatic carbocycles. The fourth-order valence-corrected chi connectivity index (χ4v) is 1.72. The molecule has 2 aromatic rings. The molecule has 0 N–H and O–H groups in total. The summed E-state index contributed by atoms with van der Waals surface area (Å²) in [7, 11) is 0. The van der Waals surface area contributed by atoms with Crippen LogP contribution in [-0.2, 0) is 0 Å². The standard InChI is InChI=1S/C15H15O/c1-11-8-12(2)10-14(9-11)16-15-7-5-4-6-13(15)3/h4-10H,3H2,1-2H3. The first-order chi connectivity index (χ1) is 7.65. The average Bonchev–Trinajstić information content (AvgIpc) is 2.20. The van der Waals surface area contributed by atoms with Gasteiger partial charge in [0.2, 0.25) is 0 Å². The van der Waals surface area contributed by atoms with Crippen molar-refractivity contribution in [3.05, 3.63) is 66.1 Å². The second-order valence-electron chi connectivity index (χ2n) is 4.03. The first kappa shape index (κ1) is 10.7. The lowest BCUT2D eigenvalue weighted by Crippen LogP contribution is -1.88. The van der Waals surface area contributed by atoms with Gasteiger partial charge in [0.1, 0.15) is 11.5 Å². The summed E-state index contributed by atoms with van der Waals surface area (Å²) in [5.41, 5.74) is 3.31. The van der Waals surface area contributed by atoms with E-state index in [9.17, 15) is 0 Å². The molecule has 0 spiro atoms. The molecule has 1 radical (unpaired) electrons. The molecule has 0 aliphatic heterocycles. The summed E-state index contributed by atoms with van der Waals surface area (Å²) in [5, 5.41) is 0. The van der Waals surface area contributed by atoms with Gasteiger partial charge in [-0.15, -0.1) is 0 Å². The van der Waals surface area contributed by atoms with Crippen LogP contribution < -0.4 is 4.74 Å². The van der Waals surface area contributed by atoms with Crippen LogP contribution >= 0.6 is 0 Å². The zero-order chi connectivity index (χ0) is 11.5. The Labute approximate surface area is 96.7 Å². The second kappa shape index (κ2) is 4.40. The molecule has 0 aliphatic rings. The van der Waals surface area contributed by atoms with Crippen molar-refractivity contribution in [1.82, 2.24) is 0 Å². The van der Waals surface area contributed by atoms with Crippen LogP contribution in [0.2, 0.25) is 0 Å². The van der Waals surface area contributed by atoms with E-state index < -0.39 is 0 Å². The summed E-state index contributed by atoms with van der Waals surface area (Å²) >= 11 is 0. The van der Waals surface area contributed by atoms with Crippen LogP contribution in [0, 0.1) is 20.8 Å². The van der Waals surface area contributed by atoms with Crippen LogP contribution in [0.25, 0.3) is 0 Å². The summed E-state index contributed by atoms with van der Waals surface area (Å²) in [6.07, 6.45) is 0. The van der Waals surface area contributed by atoms with Crippen LogP contribution in [0.3, 0.4) is 0 Å². The Balaban J connectivity index is 2.30. The summed E-state index contributed by atoms with van der Waals surface area (Å²) in [6.45, 7) is 8.07. The van der Waals surface area contributed by atoms with Crippen molar-refractivity contribution in [3.63, 3.8) is 0 Å². The minimum Gasteiger partial charge on any atom is -0.457 e. The zero-order valence-corrected chi connectivity index (χ0v) is 9.66. The highest BCUT2D eigenvalue weighted by atomic mass is 16.5. The molecule has 0 fully saturated rings. The lowest BCUT2D eigenvalue weighted by atomic mass is 10.1. The fourth-order valence-electron chi connectivity index (χ4n) is 1.72. The van der Waals surface area contributed by atoms with Gasteiger partial charge in [0, 0.05) is 0 Å². The number of ether oxygens (including phenoxy) is 1. The van der Waals surface area contributed by atoms with E-state index in [-0.39, 0.29) is 0 Å². The molecule has 0 saturated heterocycles. The van der Waals surface area contributed by atoms with Gasteiger partial charge in [0.15, 0.2) is 0 Å². The number of hydrogen-bond acceptors (Lipinski definition) is 1. The molecule has 0 aliphatic carbocycles. The molecule has 16 heavy (non-hydrogen) atoms. The molecule has 0 unspecified atom stereocenters. The Morgan fingerprint density at radius 3 is 2.19 bits per heavy atom. The summed E-state index contributed by atoms with van der Waals surface area (Å²) < 4.78 is 5.81. The minimum absolute atomic E-state index is 0.812. The van der Waals surface area contributed by atoms with E-state index in [1.807, 2.05) is 36.4 Å². The fraction of sp³-hybridized carbons (Fsp3) is 0.133. The van der Waals surface area contributed by atoms with Crippen molar-refractivity contribution in [2.24, 2.45) is 0 Å². The van der Waals surface area contributed by atoms with Crippen molar-refractivity contribution in [3.8, 4) is 11.5 Å². The largest absolute Gasteiger partial charge is 0.457 e. The normalized spacial score (nSPS) is 10.2. The molecule has 0 saturated carbocycles. The Morgan fingerprint density at radius 2 is 1.56 bits per heavy atom. The number of hydrogen-bond donors (Lipinski definition) is 0. The van der Waals surface area contributed by atoms with E-state index in [2.05, 4.69) is 26.8 Å². The predicted molar refractivity (Wildman–Crippen MR) is 66.9 cm³/mol. The quantitative estimate of drug-likeness (QED) is 0.720. The minimum atomic E-state index is 0.812. The number of benzene rings is 2. The molecule has 0 bridgehead atoms. The van der Waals surface area contributed by atoms with Crippen LogP contribution in [0.4, 0.5) is 0 Å². The molecule has 81 valence electrons. The van der Waals surface area contributed by atoms with Crippen molar-refractivity contribution >= 4 is 0 Å². The van der Waals surface area contributed by atoms with Gasteiger partial charge in [0.05, 0.1) is 0 Å². The lowest BCUT2D eigenvalue weighted by Gasteiger charge is -2.09. The number of para-hydroxylation sites is 1. The Bertz CT molecular complexity index is 480. The van der Waals surface area contributed by atoms with E-state index in [0.29, 0.717) is 0 Å². The van der Waals surface area contributed by atoms with E-state index in [0.717, 1.165) is 17.1 Å². The van der Waals surface area contributed by atoms with Crippen LogP contribution in [0.5, 0.6) is 11.5 Å². The third-order valence-electron chi connectivity index (χ3n) is 2.40. The predicted octanol–water partition coefficient (Wildman–Crippen LogP) is 4.28. The molecule has 0 heterocycles. The van der Waals surface area contributed by atoms with Crippen molar-refractivity contribution in [2.45, 2.75) is 13.8 Å². The number of rotatable bonds is 2. The summed E-state index contributed by atoms with van der Waals surface area (Å²) in [5.74, 6) is 1.68. The van der Waals surface area contributed by atoms with Gasteiger partial charge in [-0.25, -0.2) is 0 Å². The summed E-state index contributed by atoms with van der Waals surface area (Å²) in [4.78, 5) is 0. The maximum Gasteiger partial charge on any atom is 0.130 e. The topological polar surface area (TPSA) is 9.23 Å². The van der Waals surface area contributed by atoms with Gasteiger partial charge in [-0.2, -0.15) is 0 Å². The van der Waals surface area contributed by atoms with Crippen LogP contribution in [-0.4, -0.2) is 0 Å². The van der Waals surface area contributed by atoms with Crippen molar-refractivity contribution in [1.29, 1.82) is 0 Å². The van der Waals surface area contributed by atoms with E-state index in [1.54, 1.807) is 0 Å². The van der Waals surface area contributed by atoms with E-state index in [4.69, 9.17) is 4.74 Å². The van der Waals surface area contributed by atoms with E-state index in [1.165, 1.54) is 11.1 Å². The highest BCUT2D eigenvalue weighted by Crippen LogP contribution is 2.26. The number of aryl methyl sites for hydroxylation is 2. The highest BCUT2D eigenvalue weighted by Gasteiger charge is 2.01. The SMILES string of the molecule is [CH2]c1ccccc1Oc1cc(C)cc(C)c1. The van der Waals surface area contributed by atoms with E-state index >= 15 is 0 Å².